The molecule has 0 aromatic rings. The van der Waals surface area contributed by atoms with Gasteiger partial charge in [0.25, 0.3) is 0 Å². The molecule has 15 heteroatoms. The molecule has 1 rings (SSSR count). The molecule has 1 fully saturated rings. The van der Waals surface area contributed by atoms with Gasteiger partial charge in [0.05, 0.1) is 6.61 Å². The van der Waals surface area contributed by atoms with E-state index in [4.69, 9.17) is 20.3 Å². The zero-order chi connectivity index (χ0) is 26.2. The molecule has 0 aliphatic carbocycles. The fourth-order valence-electron chi connectivity index (χ4n) is 3.18. The molecule has 1 aliphatic heterocycles. The third kappa shape index (κ3) is 8.49. The number of ether oxygens (including phenoxy) is 2. The number of nitrogens with one attached hydrogen (secondary N) is 3. The van der Waals surface area contributed by atoms with Crippen molar-refractivity contribution in [3.8, 4) is 0 Å². The summed E-state index contributed by atoms with van der Waals surface area (Å²) in [7, 11) is 0. The lowest BCUT2D eigenvalue weighted by molar-refractivity contribution is -0.266. The van der Waals surface area contributed by atoms with Gasteiger partial charge in [-0.1, -0.05) is 0 Å². The number of nitrogens with two attached hydrogens (primary N) is 1. The highest BCUT2D eigenvalue weighted by Gasteiger charge is 2.47. The number of hydrogen-bond acceptors (Lipinski definition) is 10. The van der Waals surface area contributed by atoms with Gasteiger partial charge in [-0.15, -0.1) is 0 Å². The third-order valence-corrected chi connectivity index (χ3v) is 5.03. The van der Waals surface area contributed by atoms with Crippen molar-refractivity contribution in [1.29, 1.82) is 0 Å². The number of aliphatic hydroxyl groups is 3. The van der Waals surface area contributed by atoms with Crippen LogP contribution in [0.25, 0.3) is 0 Å². The lowest BCUT2D eigenvalue weighted by Crippen LogP contribution is -2.65. The van der Waals surface area contributed by atoms with Crippen molar-refractivity contribution in [1.82, 2.24) is 16.0 Å². The molecular weight excluding hydrogens is 460 g/mol. The van der Waals surface area contributed by atoms with Crippen LogP contribution in [0.4, 0.5) is 0 Å². The lowest BCUT2D eigenvalue weighted by Gasteiger charge is -2.43. The number of primary amides is 1. The monoisotopic (exact) mass is 492 g/mol. The predicted molar refractivity (Wildman–Crippen MR) is 112 cm³/mol. The van der Waals surface area contributed by atoms with Crippen molar-refractivity contribution >= 4 is 29.6 Å². The van der Waals surface area contributed by atoms with Crippen LogP contribution in [0, 0.1) is 0 Å². The zero-order valence-electron chi connectivity index (χ0n) is 19.0. The second-order valence-electron chi connectivity index (χ2n) is 7.83. The molecule has 0 spiro atoms. The number of rotatable bonds is 12. The number of carboxylic acid groups (broad SMARTS) is 1. The Labute approximate surface area is 195 Å². The molecule has 1 heterocycles. The summed E-state index contributed by atoms with van der Waals surface area (Å²) in [6.07, 6.45) is -7.74. The summed E-state index contributed by atoms with van der Waals surface area (Å²) in [5.74, 6) is -4.34. The van der Waals surface area contributed by atoms with E-state index in [-0.39, 0.29) is 6.42 Å². The summed E-state index contributed by atoms with van der Waals surface area (Å²) in [5.41, 5.74) is 5.16. The van der Waals surface area contributed by atoms with Crippen LogP contribution in [0.3, 0.4) is 0 Å². The first-order chi connectivity index (χ1) is 15.8. The average molecular weight is 492 g/mol. The maximum atomic E-state index is 12.5. The standard InChI is InChI=1S/C19H32N4O11/c1-7(17(30)23-10(16(20)29)4-5-12(26)27)21-18(31)8(2)33-15-13(22-9(3)25)19(32)34-11(6-24)14(15)28/h7-8,10-11,13-15,19,24,28,32H,4-6H2,1-3H3,(H2,20,29)(H,21,31)(H,22,25)(H,23,30)(H,26,27)/t7-,8+,10+,11+,13+,14+,15-,19?/m0/s1. The summed E-state index contributed by atoms with van der Waals surface area (Å²) in [6, 6.07) is -3.71. The molecule has 1 unspecified atom stereocenters. The number of amides is 4. The quantitative estimate of drug-likeness (QED) is 0.129. The van der Waals surface area contributed by atoms with E-state index in [1.807, 2.05) is 0 Å². The highest BCUT2D eigenvalue weighted by Crippen LogP contribution is 2.23. The number of carboxylic acids is 1. The highest BCUT2D eigenvalue weighted by atomic mass is 16.6. The van der Waals surface area contributed by atoms with Gasteiger partial charge in [-0.2, -0.15) is 0 Å². The molecule has 9 N–H and O–H groups in total. The van der Waals surface area contributed by atoms with Gasteiger partial charge in [-0.3, -0.25) is 24.0 Å². The van der Waals surface area contributed by atoms with Crippen LogP contribution in [-0.4, -0.2) is 105 Å². The predicted octanol–water partition coefficient (Wildman–Crippen LogP) is -4.33. The number of aliphatic hydroxyl groups excluding tert-OH is 3. The first kappa shape index (κ1) is 29.2. The summed E-state index contributed by atoms with van der Waals surface area (Å²) >= 11 is 0. The molecule has 15 nitrogen and oxygen atoms in total. The van der Waals surface area contributed by atoms with Crippen molar-refractivity contribution in [2.45, 2.75) is 82.4 Å². The molecule has 0 bridgehead atoms. The minimum atomic E-state index is -1.65. The van der Waals surface area contributed by atoms with Crippen molar-refractivity contribution in [3.63, 3.8) is 0 Å². The number of carbonyl (C=O) groups excluding carboxylic acids is 4. The van der Waals surface area contributed by atoms with Crippen LogP contribution in [-0.2, 0) is 33.4 Å². The Bertz CT molecular complexity index is 765. The van der Waals surface area contributed by atoms with Crippen LogP contribution in [0.15, 0.2) is 0 Å². The highest BCUT2D eigenvalue weighted by molar-refractivity contribution is 5.92. The van der Waals surface area contributed by atoms with Gasteiger partial charge in [0.15, 0.2) is 6.29 Å². The van der Waals surface area contributed by atoms with E-state index >= 15 is 0 Å². The Hall–Kier alpha value is -2.85. The molecule has 34 heavy (non-hydrogen) atoms. The molecule has 0 saturated carbocycles. The molecule has 8 atom stereocenters. The molecule has 1 aliphatic rings. The van der Waals surface area contributed by atoms with Gasteiger partial charge in [0.1, 0.15) is 42.5 Å². The van der Waals surface area contributed by atoms with Gasteiger partial charge < -0.3 is 51.6 Å². The fraction of sp³-hybridized carbons (Fsp3) is 0.737. The normalized spacial score (nSPS) is 27.1. The van der Waals surface area contributed by atoms with E-state index in [9.17, 15) is 39.3 Å². The van der Waals surface area contributed by atoms with Crippen molar-refractivity contribution in [2.24, 2.45) is 5.73 Å². The second kappa shape index (κ2) is 13.1. The van der Waals surface area contributed by atoms with E-state index in [0.29, 0.717) is 0 Å². The first-order valence-electron chi connectivity index (χ1n) is 10.4. The van der Waals surface area contributed by atoms with Crippen molar-refractivity contribution < 1.29 is 53.9 Å². The van der Waals surface area contributed by atoms with Crippen molar-refractivity contribution in [2.75, 3.05) is 6.61 Å². The van der Waals surface area contributed by atoms with Crippen molar-refractivity contribution in [3.05, 3.63) is 0 Å². The topological polar surface area (TPSA) is 247 Å². The first-order valence-corrected chi connectivity index (χ1v) is 10.4. The van der Waals surface area contributed by atoms with Crippen LogP contribution in [0.2, 0.25) is 0 Å². The van der Waals surface area contributed by atoms with Crippen LogP contribution in [0.5, 0.6) is 0 Å². The maximum Gasteiger partial charge on any atom is 0.303 e. The SMILES string of the molecule is CC(=O)N[C@H]1C(O)O[C@H](CO)[C@@H](O)[C@H]1O[C@H](C)C(=O)N[C@@H](C)C(=O)N[C@H](CCC(=O)O)C(N)=O. The van der Waals surface area contributed by atoms with Gasteiger partial charge in [0, 0.05) is 13.3 Å². The molecule has 4 amide bonds. The summed E-state index contributed by atoms with van der Waals surface area (Å²) in [6.45, 7) is 3.06. The smallest absolute Gasteiger partial charge is 0.303 e. The molecule has 194 valence electrons. The summed E-state index contributed by atoms with van der Waals surface area (Å²) < 4.78 is 10.6. The van der Waals surface area contributed by atoms with Gasteiger partial charge in [0.2, 0.25) is 23.6 Å². The van der Waals surface area contributed by atoms with Crippen LogP contribution in [0.1, 0.15) is 33.6 Å². The fourth-order valence-corrected chi connectivity index (χ4v) is 3.18. The van der Waals surface area contributed by atoms with E-state index in [1.54, 1.807) is 0 Å². The minimum absolute atomic E-state index is 0.239. The Morgan fingerprint density at radius 1 is 1.09 bits per heavy atom. The van der Waals surface area contributed by atoms with E-state index < -0.39 is 91.5 Å². The van der Waals surface area contributed by atoms with Gasteiger partial charge >= 0.3 is 5.97 Å². The molecular formula is C19H32N4O11. The number of carbonyl (C=O) groups is 5. The molecule has 0 aromatic carbocycles. The molecule has 1 saturated heterocycles. The summed E-state index contributed by atoms with van der Waals surface area (Å²) in [5, 5.41) is 45.5. The van der Waals surface area contributed by atoms with E-state index in [2.05, 4.69) is 16.0 Å². The van der Waals surface area contributed by atoms with Crippen LogP contribution < -0.4 is 21.7 Å². The third-order valence-electron chi connectivity index (χ3n) is 5.03. The minimum Gasteiger partial charge on any atom is -0.481 e. The number of hydrogen-bond donors (Lipinski definition) is 8. The zero-order valence-corrected chi connectivity index (χ0v) is 19.0. The number of aliphatic carboxylic acids is 1. The van der Waals surface area contributed by atoms with E-state index in [0.717, 1.165) is 6.92 Å². The largest absolute Gasteiger partial charge is 0.481 e. The maximum absolute atomic E-state index is 12.5. The van der Waals surface area contributed by atoms with E-state index in [1.165, 1.54) is 13.8 Å². The molecule has 0 radical (unpaired) electrons. The Morgan fingerprint density at radius 3 is 2.21 bits per heavy atom. The second-order valence-corrected chi connectivity index (χ2v) is 7.83. The lowest BCUT2D eigenvalue weighted by atomic mass is 9.96. The van der Waals surface area contributed by atoms with Gasteiger partial charge in [-0.25, -0.2) is 0 Å². The molecule has 0 aromatic heterocycles. The van der Waals surface area contributed by atoms with Crippen LogP contribution >= 0.6 is 0 Å². The Kier molecular flexibility index (Phi) is 11.3. The summed E-state index contributed by atoms with van der Waals surface area (Å²) in [4.78, 5) is 58.4. The van der Waals surface area contributed by atoms with Gasteiger partial charge in [-0.05, 0) is 20.3 Å². The Morgan fingerprint density at radius 2 is 1.71 bits per heavy atom. The Balaban J connectivity index is 2.80. The average Bonchev–Trinajstić information content (AvgIpc) is 2.74.